The van der Waals surface area contributed by atoms with Gasteiger partial charge in [0, 0.05) is 36.5 Å². The minimum Gasteiger partial charge on any atom is -0.383 e. The maximum absolute atomic E-state index is 12.7. The second-order valence-electron chi connectivity index (χ2n) is 6.77. The summed E-state index contributed by atoms with van der Waals surface area (Å²) in [6, 6.07) is 21.6. The Morgan fingerprint density at radius 3 is 2.29 bits per heavy atom. The first-order chi connectivity index (χ1) is 15.1. The molecule has 0 aliphatic rings. The number of methoxy groups -OCH3 is 1. The molecular formula is C24H24ClN3O3. The molecule has 0 aromatic heterocycles. The SMILES string of the molecule is COCCNC(=O)c1ccccc1-c1ccccc1CNC(=O)Nc1ccc(Cl)cc1. The Bertz CT molecular complexity index is 1040. The number of anilines is 1. The largest absolute Gasteiger partial charge is 0.383 e. The minimum atomic E-state index is -0.331. The van der Waals surface area contributed by atoms with Crippen molar-refractivity contribution in [3.05, 3.63) is 88.9 Å². The topological polar surface area (TPSA) is 79.5 Å². The molecule has 3 aromatic rings. The van der Waals surface area contributed by atoms with E-state index in [-0.39, 0.29) is 11.9 Å². The first kappa shape index (κ1) is 22.3. The number of hydrogen-bond acceptors (Lipinski definition) is 3. The Balaban J connectivity index is 1.74. The molecule has 0 radical (unpaired) electrons. The van der Waals surface area contributed by atoms with Crippen molar-refractivity contribution in [1.82, 2.24) is 10.6 Å². The molecule has 3 amide bonds. The highest BCUT2D eigenvalue weighted by Crippen LogP contribution is 2.27. The molecule has 0 spiro atoms. The number of rotatable bonds is 8. The van der Waals surface area contributed by atoms with Gasteiger partial charge < -0.3 is 20.7 Å². The van der Waals surface area contributed by atoms with Crippen molar-refractivity contribution in [1.29, 1.82) is 0 Å². The van der Waals surface area contributed by atoms with E-state index in [1.807, 2.05) is 42.5 Å². The summed E-state index contributed by atoms with van der Waals surface area (Å²) in [6.07, 6.45) is 0. The fourth-order valence-electron chi connectivity index (χ4n) is 3.10. The maximum atomic E-state index is 12.7. The van der Waals surface area contributed by atoms with Crippen molar-refractivity contribution in [2.75, 3.05) is 25.6 Å². The summed E-state index contributed by atoms with van der Waals surface area (Å²) in [4.78, 5) is 25.0. The van der Waals surface area contributed by atoms with Gasteiger partial charge in [-0.25, -0.2) is 4.79 Å². The highest BCUT2D eigenvalue weighted by molar-refractivity contribution is 6.30. The van der Waals surface area contributed by atoms with Crippen LogP contribution < -0.4 is 16.0 Å². The van der Waals surface area contributed by atoms with Crippen LogP contribution in [0.3, 0.4) is 0 Å². The van der Waals surface area contributed by atoms with Crippen molar-refractivity contribution >= 4 is 29.2 Å². The van der Waals surface area contributed by atoms with Gasteiger partial charge in [-0.3, -0.25) is 4.79 Å². The molecule has 3 aromatic carbocycles. The van der Waals surface area contributed by atoms with E-state index in [9.17, 15) is 9.59 Å². The van der Waals surface area contributed by atoms with Crippen molar-refractivity contribution in [2.24, 2.45) is 0 Å². The van der Waals surface area contributed by atoms with E-state index >= 15 is 0 Å². The lowest BCUT2D eigenvalue weighted by Gasteiger charge is -2.15. The normalized spacial score (nSPS) is 10.4. The first-order valence-corrected chi connectivity index (χ1v) is 10.2. The van der Waals surface area contributed by atoms with Gasteiger partial charge in [-0.2, -0.15) is 0 Å². The molecule has 7 heteroatoms. The average Bonchev–Trinajstić information content (AvgIpc) is 2.79. The lowest BCUT2D eigenvalue weighted by molar-refractivity contribution is 0.0937. The Kier molecular flexibility index (Phi) is 8.04. The Labute approximate surface area is 186 Å². The second-order valence-corrected chi connectivity index (χ2v) is 7.20. The van der Waals surface area contributed by atoms with Crippen LogP contribution in [0.25, 0.3) is 11.1 Å². The molecule has 3 N–H and O–H groups in total. The molecule has 6 nitrogen and oxygen atoms in total. The van der Waals surface area contributed by atoms with Crippen molar-refractivity contribution < 1.29 is 14.3 Å². The van der Waals surface area contributed by atoms with Crippen LogP contribution in [0.4, 0.5) is 10.5 Å². The third-order valence-corrected chi connectivity index (χ3v) is 4.86. The van der Waals surface area contributed by atoms with Gasteiger partial charge in [-0.15, -0.1) is 0 Å². The number of ether oxygens (including phenoxy) is 1. The number of hydrogen-bond donors (Lipinski definition) is 3. The number of nitrogens with one attached hydrogen (secondary N) is 3. The molecule has 0 saturated carbocycles. The van der Waals surface area contributed by atoms with E-state index in [1.165, 1.54) is 0 Å². The summed E-state index contributed by atoms with van der Waals surface area (Å²) in [7, 11) is 1.59. The number of halogens is 1. The smallest absolute Gasteiger partial charge is 0.319 e. The zero-order valence-electron chi connectivity index (χ0n) is 17.2. The molecule has 0 aliphatic carbocycles. The zero-order valence-corrected chi connectivity index (χ0v) is 17.9. The summed E-state index contributed by atoms with van der Waals surface area (Å²) >= 11 is 5.87. The molecule has 0 unspecified atom stereocenters. The summed E-state index contributed by atoms with van der Waals surface area (Å²) in [5.41, 5.74) is 3.79. The minimum absolute atomic E-state index is 0.170. The summed E-state index contributed by atoms with van der Waals surface area (Å²) in [5, 5.41) is 9.09. The monoisotopic (exact) mass is 437 g/mol. The lowest BCUT2D eigenvalue weighted by atomic mass is 9.95. The number of urea groups is 1. The second kappa shape index (κ2) is 11.2. The first-order valence-electron chi connectivity index (χ1n) is 9.83. The molecule has 0 bridgehead atoms. The van der Waals surface area contributed by atoms with E-state index in [2.05, 4.69) is 16.0 Å². The number of benzene rings is 3. The average molecular weight is 438 g/mol. The number of carbonyl (C=O) groups is 2. The van der Waals surface area contributed by atoms with Gasteiger partial charge in [-0.05, 0) is 47.0 Å². The quantitative estimate of drug-likeness (QED) is 0.447. The van der Waals surface area contributed by atoms with Crippen LogP contribution >= 0.6 is 11.6 Å². The number of carbonyl (C=O) groups excluding carboxylic acids is 2. The van der Waals surface area contributed by atoms with E-state index in [1.54, 1.807) is 37.4 Å². The molecule has 0 saturated heterocycles. The molecule has 0 fully saturated rings. The van der Waals surface area contributed by atoms with Crippen LogP contribution in [-0.4, -0.2) is 32.2 Å². The number of amides is 3. The lowest BCUT2D eigenvalue weighted by Crippen LogP contribution is -2.28. The fourth-order valence-corrected chi connectivity index (χ4v) is 3.23. The van der Waals surface area contributed by atoms with Crippen molar-refractivity contribution in [3.63, 3.8) is 0 Å². The van der Waals surface area contributed by atoms with E-state index in [0.717, 1.165) is 16.7 Å². The fraction of sp³-hybridized carbons (Fsp3) is 0.167. The van der Waals surface area contributed by atoms with Crippen LogP contribution in [-0.2, 0) is 11.3 Å². The predicted octanol–water partition coefficient (Wildman–Crippen LogP) is 4.70. The highest BCUT2D eigenvalue weighted by Gasteiger charge is 2.15. The summed E-state index contributed by atoms with van der Waals surface area (Å²) in [5.74, 6) is -0.170. The molecule has 0 heterocycles. The molecule has 0 aliphatic heterocycles. The van der Waals surface area contributed by atoms with E-state index in [4.69, 9.17) is 16.3 Å². The maximum Gasteiger partial charge on any atom is 0.319 e. The molecule has 160 valence electrons. The Hall–Kier alpha value is -3.35. The van der Waals surface area contributed by atoms with Gasteiger partial charge in [0.25, 0.3) is 5.91 Å². The highest BCUT2D eigenvalue weighted by atomic mass is 35.5. The van der Waals surface area contributed by atoms with Crippen LogP contribution in [0.15, 0.2) is 72.8 Å². The van der Waals surface area contributed by atoms with Gasteiger partial charge in [0.05, 0.1) is 6.61 Å². The predicted molar refractivity (Wildman–Crippen MR) is 123 cm³/mol. The third kappa shape index (κ3) is 6.31. The standard InChI is InChI=1S/C24H24ClN3O3/c1-31-15-14-26-23(29)22-9-5-4-8-21(22)20-7-3-2-6-17(20)16-27-24(30)28-19-12-10-18(25)11-13-19/h2-13H,14-16H2,1H3,(H,26,29)(H2,27,28,30). The van der Waals surface area contributed by atoms with Crippen LogP contribution in [0, 0.1) is 0 Å². The summed E-state index contributed by atoms with van der Waals surface area (Å²) < 4.78 is 5.00. The van der Waals surface area contributed by atoms with Gasteiger partial charge in [0.1, 0.15) is 0 Å². The van der Waals surface area contributed by atoms with E-state index < -0.39 is 0 Å². The molecule has 31 heavy (non-hydrogen) atoms. The van der Waals surface area contributed by atoms with E-state index in [0.29, 0.717) is 36.0 Å². The van der Waals surface area contributed by atoms with Gasteiger partial charge in [0.2, 0.25) is 0 Å². The van der Waals surface area contributed by atoms with Crippen molar-refractivity contribution in [3.8, 4) is 11.1 Å². The van der Waals surface area contributed by atoms with Crippen LogP contribution in [0.2, 0.25) is 5.02 Å². The zero-order chi connectivity index (χ0) is 22.1. The van der Waals surface area contributed by atoms with Gasteiger partial charge in [-0.1, -0.05) is 54.1 Å². The van der Waals surface area contributed by atoms with Crippen molar-refractivity contribution in [2.45, 2.75) is 6.54 Å². The molecule has 3 rings (SSSR count). The molecule has 0 atom stereocenters. The van der Waals surface area contributed by atoms with Gasteiger partial charge >= 0.3 is 6.03 Å². The Morgan fingerprint density at radius 1 is 0.871 bits per heavy atom. The summed E-state index contributed by atoms with van der Waals surface area (Å²) in [6.45, 7) is 1.17. The van der Waals surface area contributed by atoms with Crippen LogP contribution in [0.1, 0.15) is 15.9 Å². The molecular weight excluding hydrogens is 414 g/mol. The van der Waals surface area contributed by atoms with Gasteiger partial charge in [0.15, 0.2) is 0 Å². The third-order valence-electron chi connectivity index (χ3n) is 4.61. The van der Waals surface area contributed by atoms with Crippen LogP contribution in [0.5, 0.6) is 0 Å². The Morgan fingerprint density at radius 2 is 1.55 bits per heavy atom.